The van der Waals surface area contributed by atoms with Gasteiger partial charge in [-0.2, -0.15) is 0 Å². The molecule has 0 fully saturated rings. The minimum atomic E-state index is 0.251. The zero-order chi connectivity index (χ0) is 16.9. The summed E-state index contributed by atoms with van der Waals surface area (Å²) in [7, 11) is 4.07. The summed E-state index contributed by atoms with van der Waals surface area (Å²) in [5.41, 5.74) is 2.49. The average Bonchev–Trinajstić information content (AvgIpc) is 3.02. The molecule has 1 heterocycles. The Labute approximate surface area is 145 Å². The number of ether oxygens (including phenoxy) is 1. The highest BCUT2D eigenvalue weighted by Gasteiger charge is 2.22. The van der Waals surface area contributed by atoms with Gasteiger partial charge >= 0.3 is 0 Å². The van der Waals surface area contributed by atoms with Crippen LogP contribution < -0.4 is 9.64 Å². The first-order valence-corrected chi connectivity index (χ1v) is 9.08. The van der Waals surface area contributed by atoms with E-state index in [1.165, 1.54) is 22.4 Å². The van der Waals surface area contributed by atoms with Crippen molar-refractivity contribution in [3.05, 3.63) is 41.5 Å². The van der Waals surface area contributed by atoms with E-state index in [2.05, 4.69) is 35.3 Å². The number of nitrogens with zero attached hydrogens (tertiary/aromatic N) is 1. The molecule has 0 saturated heterocycles. The first-order valence-electron chi connectivity index (χ1n) is 9.08. The van der Waals surface area contributed by atoms with E-state index in [-0.39, 0.29) is 5.91 Å². The maximum absolute atomic E-state index is 12.7. The van der Waals surface area contributed by atoms with Crippen molar-refractivity contribution < 1.29 is 14.4 Å². The van der Waals surface area contributed by atoms with Gasteiger partial charge in [0.25, 0.3) is 5.91 Å². The molecule has 2 aliphatic rings. The number of benzene rings is 1. The van der Waals surface area contributed by atoms with Crippen LogP contribution >= 0.6 is 0 Å². The van der Waals surface area contributed by atoms with Gasteiger partial charge in [0.05, 0.1) is 20.7 Å². The van der Waals surface area contributed by atoms with Gasteiger partial charge in [-0.15, -0.1) is 0 Å². The predicted octanol–water partition coefficient (Wildman–Crippen LogP) is 1.45. The molecule has 4 nitrogen and oxygen atoms in total. The van der Waals surface area contributed by atoms with Crippen molar-refractivity contribution in [3.8, 4) is 5.75 Å². The van der Waals surface area contributed by atoms with E-state index < -0.39 is 0 Å². The van der Waals surface area contributed by atoms with Crippen molar-refractivity contribution in [2.45, 2.75) is 32.2 Å². The molecular weight excluding hydrogens is 300 g/mol. The SMILES string of the molecule is C[NH+](C)CC(=O)N(Cc1ccc2c(c1)CCO2)C[C@@H]1CC=CCC1. The van der Waals surface area contributed by atoms with Crippen molar-refractivity contribution in [2.24, 2.45) is 5.92 Å². The molecule has 0 spiro atoms. The Kier molecular flexibility index (Phi) is 5.56. The summed E-state index contributed by atoms with van der Waals surface area (Å²) in [4.78, 5) is 16.0. The highest BCUT2D eigenvalue weighted by molar-refractivity contribution is 5.77. The topological polar surface area (TPSA) is 34.0 Å². The van der Waals surface area contributed by atoms with Crippen LogP contribution in [-0.4, -0.2) is 44.6 Å². The minimum absolute atomic E-state index is 0.251. The Morgan fingerprint density at radius 3 is 2.96 bits per heavy atom. The summed E-state index contributed by atoms with van der Waals surface area (Å²) in [6.45, 7) is 2.90. The van der Waals surface area contributed by atoms with Gasteiger partial charge in [-0.3, -0.25) is 4.79 Å². The fourth-order valence-corrected chi connectivity index (χ4v) is 3.56. The van der Waals surface area contributed by atoms with Gasteiger partial charge in [0.15, 0.2) is 6.54 Å². The summed E-state index contributed by atoms with van der Waals surface area (Å²) in [6, 6.07) is 6.38. The summed E-state index contributed by atoms with van der Waals surface area (Å²) >= 11 is 0. The largest absolute Gasteiger partial charge is 0.493 e. The third-order valence-corrected chi connectivity index (χ3v) is 4.84. The van der Waals surface area contributed by atoms with Crippen LogP contribution in [0, 0.1) is 5.92 Å². The molecule has 1 aromatic carbocycles. The summed E-state index contributed by atoms with van der Waals surface area (Å²) in [5, 5.41) is 0. The van der Waals surface area contributed by atoms with Crippen LogP contribution in [-0.2, 0) is 17.8 Å². The van der Waals surface area contributed by atoms with Gasteiger partial charge in [-0.05, 0) is 42.4 Å². The Morgan fingerprint density at radius 1 is 1.33 bits per heavy atom. The number of hydrogen-bond acceptors (Lipinski definition) is 2. The molecule has 0 aromatic heterocycles. The van der Waals surface area contributed by atoms with Crippen molar-refractivity contribution in [1.29, 1.82) is 0 Å². The highest BCUT2D eigenvalue weighted by Crippen LogP contribution is 2.27. The third-order valence-electron chi connectivity index (χ3n) is 4.84. The van der Waals surface area contributed by atoms with Crippen molar-refractivity contribution in [1.82, 2.24) is 4.90 Å². The number of likely N-dealkylation sites (N-methyl/N-ethyl adjacent to an activating group) is 1. The standard InChI is InChI=1S/C20H28N2O2/c1-21(2)15-20(23)22(13-16-6-4-3-5-7-16)14-17-8-9-19-18(12-17)10-11-24-19/h3-4,8-9,12,16H,5-7,10-11,13-15H2,1-2H3/p+1/t16-/m1/s1. The lowest BCUT2D eigenvalue weighted by molar-refractivity contribution is -0.849. The molecule has 1 aliphatic heterocycles. The van der Waals surface area contributed by atoms with Crippen LogP contribution in [0.1, 0.15) is 30.4 Å². The van der Waals surface area contributed by atoms with E-state index in [1.54, 1.807) is 0 Å². The van der Waals surface area contributed by atoms with Gasteiger partial charge in [0, 0.05) is 19.5 Å². The lowest BCUT2D eigenvalue weighted by Gasteiger charge is -2.29. The van der Waals surface area contributed by atoms with Gasteiger partial charge in [-0.25, -0.2) is 0 Å². The van der Waals surface area contributed by atoms with E-state index in [0.717, 1.165) is 38.2 Å². The van der Waals surface area contributed by atoms with Crippen LogP contribution in [0.3, 0.4) is 0 Å². The molecule has 3 rings (SSSR count). The number of hydrogen-bond donors (Lipinski definition) is 1. The van der Waals surface area contributed by atoms with Crippen LogP contribution in [0.15, 0.2) is 30.4 Å². The molecular formula is C20H29N2O2+. The molecule has 130 valence electrons. The van der Waals surface area contributed by atoms with E-state index in [9.17, 15) is 4.79 Å². The Bertz CT molecular complexity index is 610. The number of amides is 1. The number of rotatable bonds is 6. The molecule has 1 atom stereocenters. The summed E-state index contributed by atoms with van der Waals surface area (Å²) in [5.74, 6) is 1.85. The second-order valence-electron chi connectivity index (χ2n) is 7.35. The van der Waals surface area contributed by atoms with Crippen LogP contribution in [0.5, 0.6) is 5.75 Å². The van der Waals surface area contributed by atoms with Crippen molar-refractivity contribution in [2.75, 3.05) is 33.8 Å². The smallest absolute Gasteiger partial charge is 0.278 e. The summed E-state index contributed by atoms with van der Waals surface area (Å²) < 4.78 is 5.59. The summed E-state index contributed by atoms with van der Waals surface area (Å²) in [6.07, 6.45) is 8.92. The minimum Gasteiger partial charge on any atom is -0.493 e. The molecule has 1 amide bonds. The second-order valence-corrected chi connectivity index (χ2v) is 7.35. The fourth-order valence-electron chi connectivity index (χ4n) is 3.56. The first-order chi connectivity index (χ1) is 11.6. The first kappa shape index (κ1) is 17.0. The van der Waals surface area contributed by atoms with Crippen molar-refractivity contribution >= 4 is 5.91 Å². The number of fused-ring (bicyclic) bond motifs is 1. The van der Waals surface area contributed by atoms with E-state index in [4.69, 9.17) is 4.74 Å². The van der Waals surface area contributed by atoms with Gasteiger partial charge in [-0.1, -0.05) is 24.3 Å². The Hall–Kier alpha value is -1.81. The predicted molar refractivity (Wildman–Crippen MR) is 95.2 cm³/mol. The van der Waals surface area contributed by atoms with Gasteiger partial charge < -0.3 is 14.5 Å². The number of quaternary nitrogens is 1. The van der Waals surface area contributed by atoms with Crippen molar-refractivity contribution in [3.63, 3.8) is 0 Å². The Balaban J connectivity index is 1.70. The average molecular weight is 329 g/mol. The second kappa shape index (κ2) is 7.84. The molecule has 0 saturated carbocycles. The van der Waals surface area contributed by atoms with Crippen LogP contribution in [0.2, 0.25) is 0 Å². The molecule has 1 aromatic rings. The molecule has 0 bridgehead atoms. The molecule has 24 heavy (non-hydrogen) atoms. The molecule has 0 unspecified atom stereocenters. The Morgan fingerprint density at radius 2 is 2.21 bits per heavy atom. The maximum Gasteiger partial charge on any atom is 0.278 e. The number of carbonyl (C=O) groups is 1. The molecule has 4 heteroatoms. The van der Waals surface area contributed by atoms with Gasteiger partial charge in [0.1, 0.15) is 5.75 Å². The third kappa shape index (κ3) is 4.38. The number of nitrogens with one attached hydrogen (secondary N) is 1. The maximum atomic E-state index is 12.7. The van der Waals surface area contributed by atoms with E-state index >= 15 is 0 Å². The fraction of sp³-hybridized carbons (Fsp3) is 0.550. The molecule has 1 aliphatic carbocycles. The van der Waals surface area contributed by atoms with Crippen LogP contribution in [0.4, 0.5) is 0 Å². The van der Waals surface area contributed by atoms with Crippen LogP contribution in [0.25, 0.3) is 0 Å². The monoisotopic (exact) mass is 329 g/mol. The molecule has 1 N–H and O–H groups in total. The lowest BCUT2D eigenvalue weighted by Crippen LogP contribution is -3.07. The lowest BCUT2D eigenvalue weighted by atomic mass is 9.93. The normalized spacial score (nSPS) is 19.2. The zero-order valence-corrected chi connectivity index (χ0v) is 14.9. The highest BCUT2D eigenvalue weighted by atomic mass is 16.5. The van der Waals surface area contributed by atoms with E-state index in [1.807, 2.05) is 14.1 Å². The quantitative estimate of drug-likeness (QED) is 0.802. The van der Waals surface area contributed by atoms with Gasteiger partial charge in [0.2, 0.25) is 0 Å². The van der Waals surface area contributed by atoms with E-state index in [0.29, 0.717) is 19.0 Å². The molecule has 0 radical (unpaired) electrons. The number of allylic oxidation sites excluding steroid dienone is 2. The number of carbonyl (C=O) groups excluding carboxylic acids is 1. The zero-order valence-electron chi connectivity index (χ0n) is 14.9.